The number of hydrogen-bond donors (Lipinski definition) is 2. The van der Waals surface area contributed by atoms with Gasteiger partial charge in [0.1, 0.15) is 12.5 Å². The van der Waals surface area contributed by atoms with Gasteiger partial charge in [-0.1, -0.05) is 0 Å². The maximum Gasteiger partial charge on any atom is 0.247 e. The summed E-state index contributed by atoms with van der Waals surface area (Å²) in [6, 6.07) is 0. The summed E-state index contributed by atoms with van der Waals surface area (Å²) in [5.74, 6) is -0.657. The zero-order chi connectivity index (χ0) is 9.03. The molecule has 70 valence electrons. The minimum atomic E-state index is -0.686. The van der Waals surface area contributed by atoms with Crippen molar-refractivity contribution in [2.45, 2.75) is 31.7 Å². The molecule has 2 N–H and O–H groups in total. The fourth-order valence-electron chi connectivity index (χ4n) is 1.01. The minimum absolute atomic E-state index is 0.219. The van der Waals surface area contributed by atoms with Gasteiger partial charge in [0.05, 0.1) is 12.7 Å². The van der Waals surface area contributed by atoms with E-state index in [1.165, 1.54) is 12.5 Å². The Bertz CT molecular complexity index is 158. The lowest BCUT2D eigenvalue weighted by molar-refractivity contribution is -0.136. The van der Waals surface area contributed by atoms with E-state index in [4.69, 9.17) is 19.7 Å². The first kappa shape index (κ1) is 9.35. The molecule has 0 bridgehead atoms. The third kappa shape index (κ3) is 2.39. The molecule has 4 nitrogen and oxygen atoms in total. The molecule has 0 aromatic carbocycles. The van der Waals surface area contributed by atoms with Crippen LogP contribution in [0.2, 0.25) is 0 Å². The molecule has 0 fully saturated rings. The Balaban J connectivity index is 2.22. The molecule has 0 amide bonds. The van der Waals surface area contributed by atoms with Crippen LogP contribution in [0.25, 0.3) is 0 Å². The summed E-state index contributed by atoms with van der Waals surface area (Å²) in [7, 11) is 0. The van der Waals surface area contributed by atoms with Gasteiger partial charge in [0, 0.05) is 13.3 Å². The Hall–Kier alpha value is -0.740. The lowest BCUT2D eigenvalue weighted by Gasteiger charge is -2.23. The van der Waals surface area contributed by atoms with Crippen molar-refractivity contribution < 1.29 is 19.7 Å². The first-order valence-corrected chi connectivity index (χ1v) is 3.96. The second-order valence-corrected chi connectivity index (χ2v) is 3.02. The molecule has 1 heterocycles. The molecule has 0 aromatic heterocycles. The summed E-state index contributed by atoms with van der Waals surface area (Å²) in [5, 5.41) is 17.6. The van der Waals surface area contributed by atoms with Crippen LogP contribution in [-0.2, 0) is 9.47 Å². The average Bonchev–Trinajstić information content (AvgIpc) is 2.49. The second kappa shape index (κ2) is 3.78. The van der Waals surface area contributed by atoms with Crippen molar-refractivity contribution in [1.82, 2.24) is 0 Å². The van der Waals surface area contributed by atoms with Crippen molar-refractivity contribution in [1.29, 1.82) is 0 Å². The predicted molar refractivity (Wildman–Crippen MR) is 42.0 cm³/mol. The molecule has 0 spiro atoms. The third-order valence-corrected chi connectivity index (χ3v) is 1.83. The Morgan fingerprint density at radius 2 is 2.00 bits per heavy atom. The van der Waals surface area contributed by atoms with E-state index in [-0.39, 0.29) is 6.61 Å². The predicted octanol–water partition coefficient (Wildman–Crippen LogP) is 0.354. The van der Waals surface area contributed by atoms with E-state index in [0.717, 1.165) is 0 Å². The zero-order valence-corrected chi connectivity index (χ0v) is 7.06. The van der Waals surface area contributed by atoms with E-state index in [1.807, 2.05) is 0 Å². The number of ether oxygens (including phenoxy) is 2. The highest BCUT2D eigenvalue weighted by atomic mass is 16.7. The van der Waals surface area contributed by atoms with Gasteiger partial charge in [-0.15, -0.1) is 0 Å². The van der Waals surface area contributed by atoms with Gasteiger partial charge >= 0.3 is 0 Å². The van der Waals surface area contributed by atoms with Gasteiger partial charge in [0.25, 0.3) is 0 Å². The molecule has 1 aliphatic heterocycles. The van der Waals surface area contributed by atoms with Gasteiger partial charge in [-0.2, -0.15) is 0 Å². The topological polar surface area (TPSA) is 58.9 Å². The molecule has 1 atom stereocenters. The number of aliphatic hydroxyl groups excluding tert-OH is 2. The molecular weight excluding hydrogens is 160 g/mol. The van der Waals surface area contributed by atoms with E-state index in [2.05, 4.69) is 0 Å². The Labute approximate surface area is 71.4 Å². The van der Waals surface area contributed by atoms with Crippen molar-refractivity contribution in [3.8, 4) is 0 Å². The van der Waals surface area contributed by atoms with Crippen molar-refractivity contribution in [2.24, 2.45) is 0 Å². The van der Waals surface area contributed by atoms with Crippen LogP contribution in [0.15, 0.2) is 12.5 Å². The average molecular weight is 174 g/mol. The van der Waals surface area contributed by atoms with Gasteiger partial charge < -0.3 is 19.7 Å². The van der Waals surface area contributed by atoms with Crippen LogP contribution in [0, 0.1) is 0 Å². The van der Waals surface area contributed by atoms with Crippen molar-refractivity contribution in [3.05, 3.63) is 12.5 Å². The molecule has 0 saturated heterocycles. The fourth-order valence-corrected chi connectivity index (χ4v) is 1.01. The third-order valence-electron chi connectivity index (χ3n) is 1.83. The SMILES string of the molecule is CC1(CC[C@H](O)CO)OC=CO1. The highest BCUT2D eigenvalue weighted by Gasteiger charge is 2.29. The summed E-state index contributed by atoms with van der Waals surface area (Å²) >= 11 is 0. The largest absolute Gasteiger partial charge is 0.457 e. The van der Waals surface area contributed by atoms with E-state index in [0.29, 0.717) is 12.8 Å². The van der Waals surface area contributed by atoms with Crippen LogP contribution < -0.4 is 0 Å². The van der Waals surface area contributed by atoms with E-state index < -0.39 is 11.9 Å². The molecule has 1 rings (SSSR count). The van der Waals surface area contributed by atoms with Crippen LogP contribution in [0.1, 0.15) is 19.8 Å². The van der Waals surface area contributed by atoms with Crippen LogP contribution in [-0.4, -0.2) is 28.7 Å². The van der Waals surface area contributed by atoms with Crippen LogP contribution in [0.4, 0.5) is 0 Å². The Kier molecular flexibility index (Phi) is 2.94. The Morgan fingerprint density at radius 3 is 2.50 bits per heavy atom. The lowest BCUT2D eigenvalue weighted by Crippen LogP contribution is -2.27. The monoisotopic (exact) mass is 174 g/mol. The maximum absolute atomic E-state index is 9.05. The summed E-state index contributed by atoms with van der Waals surface area (Å²) in [6.07, 6.45) is 3.29. The van der Waals surface area contributed by atoms with Gasteiger partial charge in [0.2, 0.25) is 5.79 Å². The molecule has 0 aromatic rings. The van der Waals surface area contributed by atoms with Gasteiger partial charge in [-0.25, -0.2) is 0 Å². The highest BCUT2D eigenvalue weighted by molar-refractivity contribution is 4.80. The summed E-state index contributed by atoms with van der Waals surface area (Å²) in [5.41, 5.74) is 0. The molecular formula is C8H14O4. The number of aliphatic hydroxyl groups is 2. The maximum atomic E-state index is 9.05. The van der Waals surface area contributed by atoms with Crippen LogP contribution in [0.3, 0.4) is 0 Å². The van der Waals surface area contributed by atoms with Gasteiger partial charge in [-0.3, -0.25) is 0 Å². The molecule has 0 saturated carbocycles. The number of rotatable bonds is 4. The fraction of sp³-hybridized carbons (Fsp3) is 0.750. The summed E-state index contributed by atoms with van der Waals surface area (Å²) in [6.45, 7) is 1.57. The number of hydrogen-bond acceptors (Lipinski definition) is 4. The normalized spacial score (nSPS) is 21.6. The van der Waals surface area contributed by atoms with Crippen LogP contribution in [0.5, 0.6) is 0 Å². The minimum Gasteiger partial charge on any atom is -0.457 e. The van der Waals surface area contributed by atoms with Crippen molar-refractivity contribution >= 4 is 0 Å². The molecule has 0 unspecified atom stereocenters. The van der Waals surface area contributed by atoms with Gasteiger partial charge in [0.15, 0.2) is 0 Å². The molecule has 1 aliphatic rings. The molecule has 0 aliphatic carbocycles. The van der Waals surface area contributed by atoms with E-state index in [9.17, 15) is 0 Å². The van der Waals surface area contributed by atoms with E-state index >= 15 is 0 Å². The molecule has 12 heavy (non-hydrogen) atoms. The van der Waals surface area contributed by atoms with Crippen LogP contribution >= 0.6 is 0 Å². The van der Waals surface area contributed by atoms with Crippen molar-refractivity contribution in [3.63, 3.8) is 0 Å². The first-order chi connectivity index (χ1) is 5.66. The molecule has 4 heteroatoms. The zero-order valence-electron chi connectivity index (χ0n) is 7.06. The second-order valence-electron chi connectivity index (χ2n) is 3.02. The first-order valence-electron chi connectivity index (χ1n) is 3.96. The Morgan fingerprint density at radius 1 is 1.42 bits per heavy atom. The van der Waals surface area contributed by atoms with E-state index in [1.54, 1.807) is 6.92 Å². The molecule has 0 radical (unpaired) electrons. The summed E-state index contributed by atoms with van der Waals surface area (Å²) < 4.78 is 10.3. The van der Waals surface area contributed by atoms with Gasteiger partial charge in [-0.05, 0) is 6.42 Å². The standard InChI is InChI=1S/C8H14O4/c1-8(11-4-5-12-8)3-2-7(10)6-9/h4-5,7,9-10H,2-3,6H2,1H3/t7-/m0/s1. The van der Waals surface area contributed by atoms with Crippen molar-refractivity contribution in [2.75, 3.05) is 6.61 Å². The smallest absolute Gasteiger partial charge is 0.247 e. The summed E-state index contributed by atoms with van der Waals surface area (Å²) in [4.78, 5) is 0. The lowest BCUT2D eigenvalue weighted by atomic mass is 10.1. The quantitative estimate of drug-likeness (QED) is 0.645. The highest BCUT2D eigenvalue weighted by Crippen LogP contribution is 2.25.